The van der Waals surface area contributed by atoms with Crippen LogP contribution in [0.3, 0.4) is 0 Å². The highest BCUT2D eigenvalue weighted by atomic mass is 19.1. The topological polar surface area (TPSA) is 204 Å². The molecular weight excluding hydrogens is 786 g/mol. The smallest absolute Gasteiger partial charge is 0.329 e. The number of halogens is 2. The number of aliphatic hydroxyl groups is 1. The Balaban J connectivity index is 1.36. The summed E-state index contributed by atoms with van der Waals surface area (Å²) < 4.78 is 40.1. The first-order valence-electron chi connectivity index (χ1n) is 20.2. The first-order valence-corrected chi connectivity index (χ1v) is 20.2. The Bertz CT molecular complexity index is 2020. The molecule has 0 aromatic heterocycles. The van der Waals surface area contributed by atoms with E-state index in [0.29, 0.717) is 11.6 Å². The largest absolute Gasteiger partial charge is 0.458 e. The van der Waals surface area contributed by atoms with Crippen LogP contribution in [-0.4, -0.2) is 143 Å². The summed E-state index contributed by atoms with van der Waals surface area (Å²) in [5, 5.41) is 18.7. The number of esters is 1. The zero-order chi connectivity index (χ0) is 43.6. The molecule has 4 fully saturated rings. The van der Waals surface area contributed by atoms with Crippen molar-refractivity contribution in [2.75, 3.05) is 32.8 Å². The molecule has 4 saturated heterocycles. The number of fused-ring (bicyclic) bond motifs is 3. The van der Waals surface area contributed by atoms with Crippen molar-refractivity contribution in [3.8, 4) is 0 Å². The third-order valence-electron chi connectivity index (χ3n) is 11.6. The first-order chi connectivity index (χ1) is 28.4. The fraction of sp³-hybridized carbons (Fsp3) is 0.548. The molecule has 4 heterocycles. The predicted molar refractivity (Wildman–Crippen MR) is 208 cm³/mol. The van der Waals surface area contributed by atoms with Gasteiger partial charge in [0, 0.05) is 38.5 Å². The molecule has 16 nitrogen and oxygen atoms in total. The minimum absolute atomic E-state index is 0.00897. The van der Waals surface area contributed by atoms with Crippen molar-refractivity contribution < 1.29 is 56.9 Å². The molecule has 9 atom stereocenters. The number of morpholine rings is 1. The minimum Gasteiger partial charge on any atom is -0.458 e. The van der Waals surface area contributed by atoms with Gasteiger partial charge >= 0.3 is 5.97 Å². The van der Waals surface area contributed by atoms with Crippen molar-refractivity contribution in [2.45, 2.75) is 109 Å². The number of aryl methyl sites for hydroxylation is 2. The molecular formula is C42H52F2N6O10. The van der Waals surface area contributed by atoms with Crippen LogP contribution in [0.5, 0.6) is 0 Å². The number of amides is 6. The van der Waals surface area contributed by atoms with Crippen molar-refractivity contribution in [3.05, 3.63) is 70.3 Å². The van der Waals surface area contributed by atoms with E-state index < -0.39 is 108 Å². The van der Waals surface area contributed by atoms with Crippen molar-refractivity contribution >= 4 is 41.4 Å². The number of hydrogen-bond acceptors (Lipinski definition) is 10. The van der Waals surface area contributed by atoms with Gasteiger partial charge in [0.25, 0.3) is 0 Å². The molecule has 6 amide bonds. The maximum absolute atomic E-state index is 14.7. The fourth-order valence-electron chi connectivity index (χ4n) is 8.36. The Morgan fingerprint density at radius 2 is 1.55 bits per heavy atom. The number of nitrogens with one attached hydrogen (secondary N) is 3. The zero-order valence-electron chi connectivity index (χ0n) is 34.2. The molecule has 0 radical (unpaired) electrons. The highest BCUT2D eigenvalue weighted by Gasteiger charge is 2.49. The van der Waals surface area contributed by atoms with Gasteiger partial charge in [0.15, 0.2) is 0 Å². The number of nitrogens with zero attached hydrogens (tertiary/aromatic N) is 3. The van der Waals surface area contributed by atoms with Crippen molar-refractivity contribution in [1.29, 1.82) is 0 Å². The van der Waals surface area contributed by atoms with E-state index in [0.717, 1.165) is 28.2 Å². The van der Waals surface area contributed by atoms with Gasteiger partial charge in [0.2, 0.25) is 35.4 Å². The van der Waals surface area contributed by atoms with Gasteiger partial charge in [-0.15, -0.1) is 0 Å². The van der Waals surface area contributed by atoms with Gasteiger partial charge in [0.05, 0.1) is 25.7 Å². The van der Waals surface area contributed by atoms with Crippen molar-refractivity contribution in [2.24, 2.45) is 5.92 Å². The van der Waals surface area contributed by atoms with Gasteiger partial charge in [-0.1, -0.05) is 25.1 Å². The molecule has 0 saturated carbocycles. The number of carbonyl (C=O) groups excluding carboxylic acids is 7. The van der Waals surface area contributed by atoms with Crippen LogP contribution in [0.25, 0.3) is 0 Å². The Morgan fingerprint density at radius 1 is 0.850 bits per heavy atom. The number of cyclic esters (lactones) is 1. The molecule has 2 aromatic carbocycles. The number of benzene rings is 2. The predicted octanol–water partition coefficient (Wildman–Crippen LogP) is 0.213. The van der Waals surface area contributed by atoms with E-state index in [1.807, 2.05) is 32.9 Å². The quantitative estimate of drug-likeness (QED) is 0.280. The minimum atomic E-state index is -1.75. The van der Waals surface area contributed by atoms with E-state index in [1.54, 1.807) is 6.07 Å². The molecule has 0 aliphatic carbocycles. The van der Waals surface area contributed by atoms with E-state index in [-0.39, 0.29) is 63.6 Å². The molecule has 4 N–H and O–H groups in total. The second-order valence-corrected chi connectivity index (χ2v) is 16.4. The number of aliphatic hydroxyl groups excluding tert-OH is 1. The molecule has 4 aliphatic heterocycles. The Morgan fingerprint density at radius 3 is 2.25 bits per heavy atom. The third kappa shape index (κ3) is 9.92. The number of ether oxygens (including phenoxy) is 2. The van der Waals surface area contributed by atoms with E-state index >= 15 is 0 Å². The molecule has 0 spiro atoms. The highest BCUT2D eigenvalue weighted by Crippen LogP contribution is 2.28. The summed E-state index contributed by atoms with van der Waals surface area (Å²) in [5.74, 6) is -7.41. The van der Waals surface area contributed by atoms with Gasteiger partial charge in [-0.05, 0) is 74.4 Å². The molecule has 4 aliphatic rings. The zero-order valence-corrected chi connectivity index (χ0v) is 34.2. The Hall–Kier alpha value is -5.49. The van der Waals surface area contributed by atoms with E-state index in [9.17, 15) is 47.4 Å². The average molecular weight is 839 g/mol. The van der Waals surface area contributed by atoms with Gasteiger partial charge < -0.3 is 45.2 Å². The van der Waals surface area contributed by atoms with Crippen LogP contribution in [-0.2, 0) is 55.9 Å². The lowest BCUT2D eigenvalue weighted by atomic mass is 10.0. The van der Waals surface area contributed by atoms with Crippen LogP contribution < -0.4 is 16.0 Å². The van der Waals surface area contributed by atoms with Gasteiger partial charge in [-0.3, -0.25) is 28.8 Å². The summed E-state index contributed by atoms with van der Waals surface area (Å²) in [6.07, 6.45) is -3.28. The summed E-state index contributed by atoms with van der Waals surface area (Å²) in [6, 6.07) is 0.0167. The molecule has 324 valence electrons. The summed E-state index contributed by atoms with van der Waals surface area (Å²) in [5.41, 5.74) is 2.57. The lowest BCUT2D eigenvalue weighted by molar-refractivity contribution is -0.164. The maximum Gasteiger partial charge on any atom is 0.329 e. The molecule has 2 aromatic rings. The van der Waals surface area contributed by atoms with Crippen LogP contribution in [0.15, 0.2) is 36.4 Å². The summed E-state index contributed by atoms with van der Waals surface area (Å²) in [4.78, 5) is 102. The third-order valence-corrected chi connectivity index (χ3v) is 11.6. The maximum atomic E-state index is 14.7. The van der Waals surface area contributed by atoms with Gasteiger partial charge in [-0.2, -0.15) is 0 Å². The average Bonchev–Trinajstić information content (AvgIpc) is 3.78. The van der Waals surface area contributed by atoms with Gasteiger partial charge in [0.1, 0.15) is 54.0 Å². The van der Waals surface area contributed by atoms with Crippen molar-refractivity contribution in [3.63, 3.8) is 0 Å². The molecule has 6 rings (SSSR count). The van der Waals surface area contributed by atoms with Crippen LogP contribution in [0.2, 0.25) is 0 Å². The molecule has 0 bridgehead atoms. The first kappa shape index (κ1) is 44.1. The van der Waals surface area contributed by atoms with Crippen LogP contribution in [0, 0.1) is 31.4 Å². The normalized spacial score (nSPS) is 28.3. The molecule has 18 heteroatoms. The number of hydrogen-bond donors (Lipinski definition) is 4. The Labute approximate surface area is 346 Å². The monoisotopic (exact) mass is 838 g/mol. The molecule has 60 heavy (non-hydrogen) atoms. The second-order valence-electron chi connectivity index (χ2n) is 16.4. The summed E-state index contributed by atoms with van der Waals surface area (Å²) in [6.45, 7) is 8.03. The van der Waals surface area contributed by atoms with Crippen LogP contribution in [0.1, 0.15) is 55.9 Å². The summed E-state index contributed by atoms with van der Waals surface area (Å²) >= 11 is 0. The van der Waals surface area contributed by atoms with Crippen LogP contribution in [0.4, 0.5) is 8.78 Å². The van der Waals surface area contributed by atoms with E-state index in [1.165, 1.54) is 23.6 Å². The summed E-state index contributed by atoms with van der Waals surface area (Å²) in [7, 11) is 0. The SMILES string of the molecule is Cc1ccc(CC(=O)N[C@@H](Cc2cc(F)cc(F)c2)C(=O)N[C@@H]2C(=O)N3C[C@H](O)C[C@H]3C(=O)N3CCOC[C@H]3C(=O)N[C@@H](C)C(=O)N3C[C@H](C)C[C@H]3C(=O)O[C@H]2C)cc1C. The Kier molecular flexibility index (Phi) is 13.5. The van der Waals surface area contributed by atoms with Crippen molar-refractivity contribution in [1.82, 2.24) is 30.7 Å². The lowest BCUT2D eigenvalue weighted by Crippen LogP contribution is -2.64. The van der Waals surface area contributed by atoms with E-state index in [2.05, 4.69) is 16.0 Å². The lowest BCUT2D eigenvalue weighted by Gasteiger charge is -2.39. The second kappa shape index (κ2) is 18.4. The fourth-order valence-corrected chi connectivity index (χ4v) is 8.36. The van der Waals surface area contributed by atoms with Crippen LogP contribution >= 0.6 is 0 Å². The molecule has 0 unspecified atom stereocenters. The van der Waals surface area contributed by atoms with Gasteiger partial charge in [-0.25, -0.2) is 13.6 Å². The number of rotatable bonds is 7. The number of carbonyl (C=O) groups is 7. The van der Waals surface area contributed by atoms with E-state index in [4.69, 9.17) is 9.47 Å². The standard InChI is InChI=1S/C42H52F2N6O10/c1-21-10-33-42(58)60-25(5)36(47-37(53)31(14-27-12-28(43)16-29(44)13-27)46-35(52)15-26-7-6-22(2)23(3)11-26)41(57)50-19-30(51)17-32(50)40(56)48-8-9-59-20-34(48)38(54)45-24(4)39(55)49(33)18-21/h6-7,11-13,16,21,24-25,30-34,36,51H,8-10,14-15,17-20H2,1-5H3,(H,45,54)(H,46,52)(H,47,53)/t21-,24+,25+,30-,31+,32+,33+,34+,36+/m1/s1. The highest BCUT2D eigenvalue weighted by molar-refractivity contribution is 5.98.